The van der Waals surface area contributed by atoms with Crippen LogP contribution in [-0.2, 0) is 6.42 Å². The largest absolute Gasteiger partial charge is 0.165 e. The van der Waals surface area contributed by atoms with E-state index in [1.54, 1.807) is 0 Å². The second-order valence-electron chi connectivity index (χ2n) is 4.53. The van der Waals surface area contributed by atoms with E-state index in [1.165, 1.54) is 42.6 Å². The Balaban J connectivity index is 2.16. The molecule has 0 radical (unpaired) electrons. The molecule has 0 fully saturated rings. The molecule has 0 nitrogen and oxygen atoms in total. The molecule has 0 bridgehead atoms. The number of alkyl halides is 1. The van der Waals surface area contributed by atoms with E-state index < -0.39 is 0 Å². The second-order valence-corrected chi connectivity index (χ2v) is 5.99. The quantitative estimate of drug-likeness (QED) is 0.558. The van der Waals surface area contributed by atoms with Crippen molar-refractivity contribution in [1.82, 2.24) is 0 Å². The smallest absolute Gasteiger partial charge is 0.0616 e. The van der Waals surface area contributed by atoms with Gasteiger partial charge in [0.2, 0.25) is 0 Å². The molecule has 0 saturated heterocycles. The Kier molecular flexibility index (Phi) is 4.60. The number of aryl methyl sites for hydroxylation is 1. The van der Waals surface area contributed by atoms with Crippen LogP contribution in [0.4, 0.5) is 0 Å². The third-order valence-electron chi connectivity index (χ3n) is 3.48. The maximum atomic E-state index is 6.64. The zero-order chi connectivity index (χ0) is 11.4. The first-order chi connectivity index (χ1) is 7.83. The predicted molar refractivity (Wildman–Crippen MR) is 74.5 cm³/mol. The molecule has 0 aromatic heterocycles. The van der Waals surface area contributed by atoms with E-state index in [0.29, 0.717) is 5.92 Å². The minimum atomic E-state index is 0.228. The van der Waals surface area contributed by atoms with Crippen LogP contribution in [0.5, 0.6) is 0 Å². The van der Waals surface area contributed by atoms with Gasteiger partial charge in [-0.3, -0.25) is 0 Å². The molecule has 16 heavy (non-hydrogen) atoms. The molecular formula is C14H19ClS. The van der Waals surface area contributed by atoms with Crippen LogP contribution < -0.4 is 0 Å². The number of hydrogen-bond acceptors (Lipinski definition) is 1. The highest BCUT2D eigenvalue weighted by Crippen LogP contribution is 2.39. The third kappa shape index (κ3) is 2.75. The van der Waals surface area contributed by atoms with Gasteiger partial charge < -0.3 is 0 Å². The van der Waals surface area contributed by atoms with Crippen LogP contribution in [0.1, 0.15) is 35.8 Å². The van der Waals surface area contributed by atoms with Gasteiger partial charge in [0.15, 0.2) is 0 Å². The van der Waals surface area contributed by atoms with Crippen molar-refractivity contribution in [2.75, 3.05) is 12.0 Å². The van der Waals surface area contributed by atoms with Crippen molar-refractivity contribution in [3.05, 3.63) is 35.4 Å². The maximum absolute atomic E-state index is 6.64. The van der Waals surface area contributed by atoms with Gasteiger partial charge in [0.25, 0.3) is 0 Å². The first kappa shape index (κ1) is 12.3. The highest BCUT2D eigenvalue weighted by molar-refractivity contribution is 7.98. The monoisotopic (exact) mass is 254 g/mol. The van der Waals surface area contributed by atoms with Crippen LogP contribution in [-0.4, -0.2) is 12.0 Å². The second kappa shape index (κ2) is 5.97. The summed E-state index contributed by atoms with van der Waals surface area (Å²) in [4.78, 5) is 0. The lowest BCUT2D eigenvalue weighted by atomic mass is 9.94. The molecule has 1 aromatic rings. The van der Waals surface area contributed by atoms with E-state index in [1.807, 2.05) is 11.8 Å². The molecule has 1 aliphatic carbocycles. The summed E-state index contributed by atoms with van der Waals surface area (Å²) >= 11 is 8.57. The first-order valence-corrected chi connectivity index (χ1v) is 7.86. The van der Waals surface area contributed by atoms with Crippen LogP contribution in [0.2, 0.25) is 0 Å². The summed E-state index contributed by atoms with van der Waals surface area (Å²) in [6.45, 7) is 0. The summed E-state index contributed by atoms with van der Waals surface area (Å²) in [5.41, 5.74) is 2.85. The minimum absolute atomic E-state index is 0.228. The Morgan fingerprint density at radius 3 is 3.00 bits per heavy atom. The summed E-state index contributed by atoms with van der Waals surface area (Å²) < 4.78 is 0. The minimum Gasteiger partial charge on any atom is -0.165 e. The molecule has 1 aliphatic rings. The zero-order valence-electron chi connectivity index (χ0n) is 9.79. The number of hydrogen-bond donors (Lipinski definition) is 0. The van der Waals surface area contributed by atoms with Gasteiger partial charge in [0.1, 0.15) is 0 Å². The summed E-state index contributed by atoms with van der Waals surface area (Å²) in [5, 5.41) is 0.228. The Hall–Kier alpha value is -0.140. The van der Waals surface area contributed by atoms with Crippen LogP contribution in [0.3, 0.4) is 0 Å². The van der Waals surface area contributed by atoms with Gasteiger partial charge in [0, 0.05) is 0 Å². The fourth-order valence-electron chi connectivity index (χ4n) is 2.55. The number of benzene rings is 1. The Morgan fingerprint density at radius 2 is 2.19 bits per heavy atom. The predicted octanol–water partition coefficient (Wildman–Crippen LogP) is 4.67. The fourth-order valence-corrected chi connectivity index (χ4v) is 3.55. The molecular weight excluding hydrogens is 236 g/mol. The van der Waals surface area contributed by atoms with Crippen molar-refractivity contribution in [2.24, 2.45) is 5.92 Å². The molecule has 0 saturated carbocycles. The number of rotatable bonds is 3. The molecule has 0 aliphatic heterocycles. The first-order valence-electron chi connectivity index (χ1n) is 6.03. The van der Waals surface area contributed by atoms with Crippen molar-refractivity contribution >= 4 is 23.4 Å². The molecule has 0 spiro atoms. The molecule has 0 heterocycles. The normalized spacial score (nSPS) is 24.9. The molecule has 1 aromatic carbocycles. The van der Waals surface area contributed by atoms with E-state index in [2.05, 4.69) is 30.5 Å². The van der Waals surface area contributed by atoms with Crippen molar-refractivity contribution in [3.8, 4) is 0 Å². The fraction of sp³-hybridized carbons (Fsp3) is 0.571. The highest BCUT2D eigenvalue weighted by Gasteiger charge is 2.25. The Morgan fingerprint density at radius 1 is 1.38 bits per heavy atom. The lowest BCUT2D eigenvalue weighted by molar-refractivity contribution is 0.457. The van der Waals surface area contributed by atoms with Gasteiger partial charge in [-0.05, 0) is 54.7 Å². The number of thioether (sulfide) groups is 1. The van der Waals surface area contributed by atoms with Gasteiger partial charge in [0.05, 0.1) is 5.38 Å². The van der Waals surface area contributed by atoms with E-state index in [4.69, 9.17) is 11.6 Å². The molecule has 2 heteroatoms. The van der Waals surface area contributed by atoms with E-state index >= 15 is 0 Å². The van der Waals surface area contributed by atoms with Gasteiger partial charge in [-0.15, -0.1) is 11.6 Å². The van der Waals surface area contributed by atoms with Gasteiger partial charge in [-0.25, -0.2) is 0 Å². The standard InChI is InChI=1S/C14H19ClS/c1-16-10-9-12-7-4-6-11-5-2-3-8-13(11)14(12)15/h2-3,5,8,12,14H,4,6-7,9-10H2,1H3. The molecule has 88 valence electrons. The molecule has 2 atom stereocenters. The lowest BCUT2D eigenvalue weighted by Gasteiger charge is -2.20. The van der Waals surface area contributed by atoms with Gasteiger partial charge >= 0.3 is 0 Å². The van der Waals surface area contributed by atoms with Crippen molar-refractivity contribution < 1.29 is 0 Å². The zero-order valence-corrected chi connectivity index (χ0v) is 11.4. The van der Waals surface area contributed by atoms with E-state index in [9.17, 15) is 0 Å². The van der Waals surface area contributed by atoms with Crippen molar-refractivity contribution in [3.63, 3.8) is 0 Å². The summed E-state index contributed by atoms with van der Waals surface area (Å²) in [7, 11) is 0. The molecule has 0 N–H and O–H groups in total. The summed E-state index contributed by atoms with van der Waals surface area (Å²) in [6.07, 6.45) is 7.20. The van der Waals surface area contributed by atoms with Crippen LogP contribution in [0, 0.1) is 5.92 Å². The molecule has 2 rings (SSSR count). The highest BCUT2D eigenvalue weighted by atomic mass is 35.5. The molecule has 0 amide bonds. The summed E-state index contributed by atoms with van der Waals surface area (Å²) in [5.74, 6) is 1.90. The number of halogens is 1. The van der Waals surface area contributed by atoms with Crippen molar-refractivity contribution in [2.45, 2.75) is 31.1 Å². The average Bonchev–Trinajstić information content (AvgIpc) is 2.47. The van der Waals surface area contributed by atoms with Crippen LogP contribution >= 0.6 is 23.4 Å². The summed E-state index contributed by atoms with van der Waals surface area (Å²) in [6, 6.07) is 8.70. The lowest BCUT2D eigenvalue weighted by Crippen LogP contribution is -2.08. The SMILES string of the molecule is CSCCC1CCCc2ccccc2C1Cl. The molecule has 2 unspecified atom stereocenters. The van der Waals surface area contributed by atoms with Gasteiger partial charge in [-0.1, -0.05) is 24.3 Å². The Labute approximate surface area is 108 Å². The maximum Gasteiger partial charge on any atom is 0.0616 e. The van der Waals surface area contributed by atoms with Crippen LogP contribution in [0.25, 0.3) is 0 Å². The number of fused-ring (bicyclic) bond motifs is 1. The topological polar surface area (TPSA) is 0 Å². The van der Waals surface area contributed by atoms with Crippen molar-refractivity contribution in [1.29, 1.82) is 0 Å². The Bertz CT molecular complexity index is 335. The van der Waals surface area contributed by atoms with Crippen LogP contribution in [0.15, 0.2) is 24.3 Å². The van der Waals surface area contributed by atoms with E-state index in [-0.39, 0.29) is 5.38 Å². The third-order valence-corrected chi connectivity index (χ3v) is 4.72. The average molecular weight is 255 g/mol. The van der Waals surface area contributed by atoms with E-state index in [0.717, 1.165) is 0 Å². The van der Waals surface area contributed by atoms with Gasteiger partial charge in [-0.2, -0.15) is 11.8 Å².